The fourth-order valence-electron chi connectivity index (χ4n) is 2.31. The van der Waals surface area contributed by atoms with E-state index < -0.39 is 18.1 Å². The van der Waals surface area contributed by atoms with Crippen LogP contribution in [0.2, 0.25) is 0 Å². The number of benzene rings is 1. The largest absolute Gasteiger partial charge is 0.392 e. The van der Waals surface area contributed by atoms with Crippen LogP contribution in [0.15, 0.2) is 30.3 Å². The van der Waals surface area contributed by atoms with E-state index in [1.165, 1.54) is 0 Å². The number of anilines is 1. The molecule has 1 fully saturated rings. The Balaban J connectivity index is 1.76. The van der Waals surface area contributed by atoms with Crippen molar-refractivity contribution in [2.75, 3.05) is 5.32 Å². The number of urea groups is 1. The van der Waals surface area contributed by atoms with Gasteiger partial charge in [0.15, 0.2) is 0 Å². The summed E-state index contributed by atoms with van der Waals surface area (Å²) in [7, 11) is 0. The highest BCUT2D eigenvalue weighted by Gasteiger charge is 2.29. The van der Waals surface area contributed by atoms with Crippen LogP contribution in [0.3, 0.4) is 0 Å². The molecule has 2 rings (SSSR count). The lowest BCUT2D eigenvalue weighted by Crippen LogP contribution is -2.49. The molecule has 6 heteroatoms. The number of nitrogens with one attached hydrogen (secondary N) is 3. The van der Waals surface area contributed by atoms with Crippen LogP contribution in [0.25, 0.3) is 0 Å². The molecule has 4 N–H and O–H groups in total. The van der Waals surface area contributed by atoms with Crippen LogP contribution in [0.4, 0.5) is 10.5 Å². The van der Waals surface area contributed by atoms with E-state index in [0.29, 0.717) is 18.5 Å². The van der Waals surface area contributed by atoms with Gasteiger partial charge < -0.3 is 10.4 Å². The number of aliphatic hydroxyl groups excluding tert-OH is 1. The molecule has 1 saturated carbocycles. The molecule has 20 heavy (non-hydrogen) atoms. The number of carbonyl (C=O) groups is 2. The number of hydrogen-bond donors (Lipinski definition) is 4. The van der Waals surface area contributed by atoms with Gasteiger partial charge in [-0.25, -0.2) is 10.2 Å². The third kappa shape index (κ3) is 3.96. The number of para-hydroxylation sites is 1. The SMILES string of the molecule is O=C(NNC(=O)C1CCCCC1O)Nc1ccccc1. The van der Waals surface area contributed by atoms with E-state index >= 15 is 0 Å². The molecular weight excluding hydrogens is 258 g/mol. The zero-order valence-electron chi connectivity index (χ0n) is 11.1. The van der Waals surface area contributed by atoms with Crippen molar-refractivity contribution in [3.05, 3.63) is 30.3 Å². The summed E-state index contributed by atoms with van der Waals surface area (Å²) >= 11 is 0. The first kappa shape index (κ1) is 14.3. The minimum absolute atomic E-state index is 0.347. The molecule has 0 bridgehead atoms. The van der Waals surface area contributed by atoms with Gasteiger partial charge in [0, 0.05) is 5.69 Å². The van der Waals surface area contributed by atoms with Gasteiger partial charge in [0.05, 0.1) is 12.0 Å². The fraction of sp³-hybridized carbons (Fsp3) is 0.429. The Morgan fingerprint density at radius 3 is 2.45 bits per heavy atom. The highest BCUT2D eigenvalue weighted by atomic mass is 16.3. The van der Waals surface area contributed by atoms with Crippen molar-refractivity contribution < 1.29 is 14.7 Å². The van der Waals surface area contributed by atoms with Crippen molar-refractivity contribution in [1.29, 1.82) is 0 Å². The van der Waals surface area contributed by atoms with Gasteiger partial charge in [0.2, 0.25) is 5.91 Å². The fourth-order valence-corrected chi connectivity index (χ4v) is 2.31. The standard InChI is InChI=1S/C14H19N3O3/c18-12-9-5-4-8-11(12)13(19)16-17-14(20)15-10-6-2-1-3-7-10/h1-3,6-7,11-12,18H,4-5,8-9H2,(H,16,19)(H2,15,17,20). The average Bonchev–Trinajstić information content (AvgIpc) is 2.46. The lowest BCUT2D eigenvalue weighted by Gasteiger charge is -2.26. The maximum absolute atomic E-state index is 11.9. The maximum atomic E-state index is 11.9. The van der Waals surface area contributed by atoms with E-state index in [-0.39, 0.29) is 5.91 Å². The molecule has 3 amide bonds. The Hall–Kier alpha value is -2.08. The summed E-state index contributed by atoms with van der Waals surface area (Å²) in [4.78, 5) is 23.4. The zero-order chi connectivity index (χ0) is 14.4. The number of hydrazine groups is 1. The normalized spacial score (nSPS) is 21.9. The van der Waals surface area contributed by atoms with Crippen molar-refractivity contribution in [2.24, 2.45) is 5.92 Å². The Morgan fingerprint density at radius 2 is 1.75 bits per heavy atom. The Kier molecular flexibility index (Phi) is 4.95. The summed E-state index contributed by atoms with van der Waals surface area (Å²) in [6, 6.07) is 8.41. The molecule has 1 aromatic rings. The summed E-state index contributed by atoms with van der Waals surface area (Å²) in [6.07, 6.45) is 2.52. The molecule has 0 radical (unpaired) electrons. The number of aliphatic hydroxyl groups is 1. The molecule has 0 aliphatic heterocycles. The van der Waals surface area contributed by atoms with E-state index in [2.05, 4.69) is 16.2 Å². The van der Waals surface area contributed by atoms with Gasteiger partial charge in [0.1, 0.15) is 0 Å². The van der Waals surface area contributed by atoms with Crippen molar-refractivity contribution in [3.63, 3.8) is 0 Å². The third-order valence-corrected chi connectivity index (χ3v) is 3.40. The molecule has 1 aliphatic carbocycles. The first-order chi connectivity index (χ1) is 9.66. The van der Waals surface area contributed by atoms with Gasteiger partial charge in [-0.15, -0.1) is 0 Å². The second-order valence-corrected chi connectivity index (χ2v) is 4.89. The number of amides is 3. The monoisotopic (exact) mass is 277 g/mol. The van der Waals surface area contributed by atoms with E-state index in [1.54, 1.807) is 24.3 Å². The van der Waals surface area contributed by atoms with Gasteiger partial charge in [-0.1, -0.05) is 31.0 Å². The van der Waals surface area contributed by atoms with Crippen molar-refractivity contribution in [3.8, 4) is 0 Å². The molecule has 2 unspecified atom stereocenters. The second kappa shape index (κ2) is 6.91. The third-order valence-electron chi connectivity index (χ3n) is 3.40. The first-order valence-electron chi connectivity index (χ1n) is 6.77. The van der Waals surface area contributed by atoms with Crippen LogP contribution in [0, 0.1) is 5.92 Å². The predicted octanol–water partition coefficient (Wildman–Crippen LogP) is 1.39. The molecule has 0 heterocycles. The molecule has 0 aromatic heterocycles. The van der Waals surface area contributed by atoms with Crippen LogP contribution in [-0.4, -0.2) is 23.1 Å². The highest BCUT2D eigenvalue weighted by Crippen LogP contribution is 2.24. The topological polar surface area (TPSA) is 90.5 Å². The van der Waals surface area contributed by atoms with Crippen molar-refractivity contribution in [1.82, 2.24) is 10.9 Å². The molecule has 1 aliphatic rings. The van der Waals surface area contributed by atoms with E-state index in [4.69, 9.17) is 0 Å². The van der Waals surface area contributed by atoms with Gasteiger partial charge in [0.25, 0.3) is 0 Å². The van der Waals surface area contributed by atoms with Crippen molar-refractivity contribution >= 4 is 17.6 Å². The van der Waals surface area contributed by atoms with Gasteiger partial charge in [-0.05, 0) is 25.0 Å². The number of hydrogen-bond acceptors (Lipinski definition) is 3. The lowest BCUT2D eigenvalue weighted by atomic mass is 9.86. The molecule has 0 spiro atoms. The second-order valence-electron chi connectivity index (χ2n) is 4.89. The summed E-state index contributed by atoms with van der Waals surface area (Å²) in [6.45, 7) is 0. The number of carbonyl (C=O) groups excluding carboxylic acids is 2. The minimum atomic E-state index is -0.622. The van der Waals surface area contributed by atoms with Crippen LogP contribution < -0.4 is 16.2 Å². The first-order valence-corrected chi connectivity index (χ1v) is 6.77. The maximum Gasteiger partial charge on any atom is 0.337 e. The summed E-state index contributed by atoms with van der Waals surface area (Å²) < 4.78 is 0. The molecule has 0 saturated heterocycles. The molecule has 6 nitrogen and oxygen atoms in total. The quantitative estimate of drug-likeness (QED) is 0.616. The van der Waals surface area contributed by atoms with E-state index in [0.717, 1.165) is 12.8 Å². The Bertz CT molecular complexity index is 464. The average molecular weight is 277 g/mol. The summed E-state index contributed by atoms with van der Waals surface area (Å²) in [5.41, 5.74) is 5.27. The minimum Gasteiger partial charge on any atom is -0.392 e. The number of rotatable bonds is 2. The Morgan fingerprint density at radius 1 is 1.05 bits per heavy atom. The van der Waals surface area contributed by atoms with E-state index in [1.807, 2.05) is 6.07 Å². The van der Waals surface area contributed by atoms with Gasteiger partial charge in [-0.3, -0.25) is 10.2 Å². The molecule has 108 valence electrons. The highest BCUT2D eigenvalue weighted by molar-refractivity contribution is 5.91. The summed E-state index contributed by atoms with van der Waals surface area (Å²) in [5, 5.41) is 12.3. The predicted molar refractivity (Wildman–Crippen MR) is 74.7 cm³/mol. The van der Waals surface area contributed by atoms with Gasteiger partial charge in [-0.2, -0.15) is 0 Å². The van der Waals surface area contributed by atoms with Crippen LogP contribution in [0.1, 0.15) is 25.7 Å². The Labute approximate surface area is 117 Å². The smallest absolute Gasteiger partial charge is 0.337 e. The van der Waals surface area contributed by atoms with Crippen LogP contribution in [0.5, 0.6) is 0 Å². The molecule has 1 aromatic carbocycles. The molecule has 2 atom stereocenters. The van der Waals surface area contributed by atoms with Crippen LogP contribution in [-0.2, 0) is 4.79 Å². The van der Waals surface area contributed by atoms with Gasteiger partial charge >= 0.3 is 6.03 Å². The summed E-state index contributed by atoms with van der Waals surface area (Å²) in [5.74, 6) is -0.791. The molecular formula is C14H19N3O3. The zero-order valence-corrected chi connectivity index (χ0v) is 11.1. The lowest BCUT2D eigenvalue weighted by molar-refractivity contribution is -0.130. The van der Waals surface area contributed by atoms with Crippen molar-refractivity contribution in [2.45, 2.75) is 31.8 Å². The van der Waals surface area contributed by atoms with E-state index in [9.17, 15) is 14.7 Å². The van der Waals surface area contributed by atoms with Crippen LogP contribution >= 0.6 is 0 Å².